The molecule has 0 unspecified atom stereocenters. The number of para-hydroxylation sites is 1. The van der Waals surface area contributed by atoms with Crippen molar-refractivity contribution in [3.63, 3.8) is 0 Å². The highest BCUT2D eigenvalue weighted by atomic mass is 16.2. The summed E-state index contributed by atoms with van der Waals surface area (Å²) in [5.41, 5.74) is 2.70. The number of carbonyl (C=O) groups is 2. The molecule has 0 radical (unpaired) electrons. The van der Waals surface area contributed by atoms with Crippen molar-refractivity contribution in [2.45, 2.75) is 45.1 Å². The minimum absolute atomic E-state index is 0.0135. The van der Waals surface area contributed by atoms with Crippen molar-refractivity contribution in [3.8, 4) is 0 Å². The zero-order valence-electron chi connectivity index (χ0n) is 17.2. The molecule has 1 aliphatic rings. The number of anilines is 1. The van der Waals surface area contributed by atoms with Crippen LogP contribution in [-0.4, -0.2) is 27.8 Å². The van der Waals surface area contributed by atoms with E-state index < -0.39 is 6.04 Å². The van der Waals surface area contributed by atoms with Gasteiger partial charge in [-0.05, 0) is 55.4 Å². The van der Waals surface area contributed by atoms with Gasteiger partial charge in [0.2, 0.25) is 11.8 Å². The van der Waals surface area contributed by atoms with Gasteiger partial charge in [0.15, 0.2) is 0 Å². The molecule has 2 aromatic heterocycles. The SMILES string of the molecule is CC1CCC(C(=O)N[C@H](Cc2c[nH]c3ccccc23)C(=O)Nc2ccncc2)CC1. The van der Waals surface area contributed by atoms with Crippen LogP contribution in [0.15, 0.2) is 55.0 Å². The Morgan fingerprint density at radius 3 is 2.60 bits per heavy atom. The van der Waals surface area contributed by atoms with E-state index in [2.05, 4.69) is 27.5 Å². The molecule has 1 aromatic carbocycles. The number of fused-ring (bicyclic) bond motifs is 1. The Labute approximate surface area is 176 Å². The molecule has 0 saturated heterocycles. The van der Waals surface area contributed by atoms with Crippen LogP contribution in [0.5, 0.6) is 0 Å². The molecule has 3 aromatic rings. The summed E-state index contributed by atoms with van der Waals surface area (Å²) in [4.78, 5) is 33.3. The molecule has 3 N–H and O–H groups in total. The second-order valence-electron chi connectivity index (χ2n) is 8.31. The summed E-state index contributed by atoms with van der Waals surface area (Å²) in [6, 6.07) is 10.8. The molecule has 0 spiro atoms. The van der Waals surface area contributed by atoms with Crippen LogP contribution in [0.25, 0.3) is 10.9 Å². The largest absolute Gasteiger partial charge is 0.361 e. The lowest BCUT2D eigenvalue weighted by molar-refractivity contribution is -0.130. The molecule has 1 aliphatic carbocycles. The molecular formula is C24H28N4O2. The zero-order valence-corrected chi connectivity index (χ0v) is 17.2. The van der Waals surface area contributed by atoms with Crippen molar-refractivity contribution in [2.75, 3.05) is 5.32 Å². The average Bonchev–Trinajstić information content (AvgIpc) is 3.17. The maximum absolute atomic E-state index is 13.1. The van der Waals surface area contributed by atoms with Crippen LogP contribution in [0.3, 0.4) is 0 Å². The molecule has 6 heteroatoms. The molecule has 1 saturated carbocycles. The van der Waals surface area contributed by atoms with Crippen LogP contribution in [0.4, 0.5) is 5.69 Å². The van der Waals surface area contributed by atoms with E-state index >= 15 is 0 Å². The van der Waals surface area contributed by atoms with E-state index in [0.717, 1.165) is 42.1 Å². The van der Waals surface area contributed by atoms with Crippen LogP contribution in [0, 0.1) is 11.8 Å². The molecule has 6 nitrogen and oxygen atoms in total. The fraction of sp³-hybridized carbons (Fsp3) is 0.375. The van der Waals surface area contributed by atoms with Crippen molar-refractivity contribution >= 4 is 28.4 Å². The number of nitrogens with one attached hydrogen (secondary N) is 3. The fourth-order valence-corrected chi connectivity index (χ4v) is 4.21. The standard InChI is InChI=1S/C24H28N4O2/c1-16-6-8-17(9-7-16)23(29)28-22(24(30)27-19-10-12-25-13-11-19)14-18-15-26-21-5-3-2-4-20(18)21/h2-5,10-13,15-17,22,26H,6-9,14H2,1H3,(H,28,29)(H,25,27,30)/t16?,17?,22-/m1/s1. The number of pyridine rings is 1. The van der Waals surface area contributed by atoms with Gasteiger partial charge in [0.1, 0.15) is 6.04 Å². The molecule has 4 rings (SSSR count). The monoisotopic (exact) mass is 404 g/mol. The quantitative estimate of drug-likeness (QED) is 0.579. The van der Waals surface area contributed by atoms with E-state index in [1.165, 1.54) is 0 Å². The number of hydrogen-bond donors (Lipinski definition) is 3. The number of amides is 2. The van der Waals surface area contributed by atoms with Crippen molar-refractivity contribution in [1.82, 2.24) is 15.3 Å². The number of aromatic amines is 1. The lowest BCUT2D eigenvalue weighted by Gasteiger charge is -2.27. The summed E-state index contributed by atoms with van der Waals surface area (Å²) in [5, 5.41) is 7.03. The molecule has 1 atom stereocenters. The van der Waals surface area contributed by atoms with Gasteiger partial charge in [0.25, 0.3) is 0 Å². The number of nitrogens with zero attached hydrogens (tertiary/aromatic N) is 1. The number of H-pyrrole nitrogens is 1. The minimum Gasteiger partial charge on any atom is -0.361 e. The van der Waals surface area contributed by atoms with Gasteiger partial charge in [-0.25, -0.2) is 0 Å². The first-order chi connectivity index (χ1) is 14.6. The molecule has 30 heavy (non-hydrogen) atoms. The summed E-state index contributed by atoms with van der Waals surface area (Å²) >= 11 is 0. The van der Waals surface area contributed by atoms with Crippen molar-refractivity contribution < 1.29 is 9.59 Å². The molecule has 156 valence electrons. The summed E-state index contributed by atoms with van der Waals surface area (Å²) in [5.74, 6) is 0.423. The van der Waals surface area contributed by atoms with Gasteiger partial charge in [-0.15, -0.1) is 0 Å². The van der Waals surface area contributed by atoms with Crippen LogP contribution in [-0.2, 0) is 16.0 Å². The van der Waals surface area contributed by atoms with Gasteiger partial charge >= 0.3 is 0 Å². The van der Waals surface area contributed by atoms with Crippen LogP contribution in [0.2, 0.25) is 0 Å². The summed E-state index contributed by atoms with van der Waals surface area (Å²) in [7, 11) is 0. The van der Waals surface area contributed by atoms with Gasteiger partial charge < -0.3 is 15.6 Å². The van der Waals surface area contributed by atoms with Gasteiger partial charge in [0.05, 0.1) is 0 Å². The van der Waals surface area contributed by atoms with E-state index in [9.17, 15) is 9.59 Å². The maximum atomic E-state index is 13.1. The van der Waals surface area contributed by atoms with E-state index in [1.54, 1.807) is 24.5 Å². The first-order valence-corrected chi connectivity index (χ1v) is 10.7. The Balaban J connectivity index is 1.52. The number of rotatable bonds is 6. The predicted molar refractivity (Wildman–Crippen MR) is 118 cm³/mol. The Hall–Kier alpha value is -3.15. The second-order valence-corrected chi connectivity index (χ2v) is 8.31. The van der Waals surface area contributed by atoms with Crippen LogP contribution < -0.4 is 10.6 Å². The lowest BCUT2D eigenvalue weighted by atomic mass is 9.82. The summed E-state index contributed by atoms with van der Waals surface area (Å²) < 4.78 is 0. The highest BCUT2D eigenvalue weighted by Gasteiger charge is 2.29. The number of carbonyl (C=O) groups excluding carboxylic acids is 2. The van der Waals surface area contributed by atoms with Crippen molar-refractivity contribution in [3.05, 3.63) is 60.6 Å². The lowest BCUT2D eigenvalue weighted by Crippen LogP contribution is -2.47. The topological polar surface area (TPSA) is 86.9 Å². The van der Waals surface area contributed by atoms with Crippen LogP contribution >= 0.6 is 0 Å². The number of aromatic nitrogens is 2. The third-order valence-corrected chi connectivity index (χ3v) is 6.07. The fourth-order valence-electron chi connectivity index (χ4n) is 4.21. The van der Waals surface area contributed by atoms with Gasteiger partial charge in [0, 0.05) is 47.5 Å². The highest BCUT2D eigenvalue weighted by molar-refractivity contribution is 5.98. The smallest absolute Gasteiger partial charge is 0.247 e. The molecule has 0 bridgehead atoms. The first-order valence-electron chi connectivity index (χ1n) is 10.7. The summed E-state index contributed by atoms with van der Waals surface area (Å²) in [6.45, 7) is 2.23. The Bertz CT molecular complexity index is 1010. The van der Waals surface area contributed by atoms with Gasteiger partial charge in [-0.3, -0.25) is 14.6 Å². The van der Waals surface area contributed by atoms with Crippen molar-refractivity contribution in [2.24, 2.45) is 11.8 Å². The van der Waals surface area contributed by atoms with E-state index in [4.69, 9.17) is 0 Å². The van der Waals surface area contributed by atoms with Gasteiger partial charge in [-0.2, -0.15) is 0 Å². The number of hydrogen-bond acceptors (Lipinski definition) is 3. The average molecular weight is 405 g/mol. The zero-order chi connectivity index (χ0) is 20.9. The van der Waals surface area contributed by atoms with Gasteiger partial charge in [-0.1, -0.05) is 25.1 Å². The molecule has 2 heterocycles. The second kappa shape index (κ2) is 9.11. The molecular weight excluding hydrogens is 376 g/mol. The predicted octanol–water partition coefficient (Wildman–Crippen LogP) is 4.06. The normalized spacial score (nSPS) is 19.9. The van der Waals surface area contributed by atoms with E-state index in [1.807, 2.05) is 30.5 Å². The minimum atomic E-state index is -0.649. The Morgan fingerprint density at radius 2 is 1.83 bits per heavy atom. The summed E-state index contributed by atoms with van der Waals surface area (Å²) in [6.07, 6.45) is 9.51. The molecule has 1 fully saturated rings. The van der Waals surface area contributed by atoms with Crippen molar-refractivity contribution in [1.29, 1.82) is 0 Å². The molecule has 0 aliphatic heterocycles. The first kappa shape index (κ1) is 20.1. The number of benzene rings is 1. The van der Waals surface area contributed by atoms with E-state index in [0.29, 0.717) is 18.0 Å². The molecule has 2 amide bonds. The third kappa shape index (κ3) is 4.70. The highest BCUT2D eigenvalue weighted by Crippen LogP contribution is 2.28. The van der Waals surface area contributed by atoms with E-state index in [-0.39, 0.29) is 17.7 Å². The Kier molecular flexibility index (Phi) is 6.12. The maximum Gasteiger partial charge on any atom is 0.247 e. The third-order valence-electron chi connectivity index (χ3n) is 6.07. The van der Waals surface area contributed by atoms with Crippen LogP contribution in [0.1, 0.15) is 38.2 Å². The Morgan fingerprint density at radius 1 is 1.10 bits per heavy atom.